The summed E-state index contributed by atoms with van der Waals surface area (Å²) < 4.78 is 295. The Morgan fingerprint density at radius 3 is 0.805 bits per heavy atom. The Balaban J connectivity index is 1.24. The second-order valence-electron chi connectivity index (χ2n) is 17.5. The number of hydrogen-bond acceptors (Lipinski definition) is 2. The monoisotopic (exact) mass is 1110 g/mol. The molecule has 408 valence electrons. The molecule has 7 rings (SSSR count). The van der Waals surface area contributed by atoms with E-state index in [1.165, 1.54) is 42.5 Å². The first kappa shape index (κ1) is 57.4. The van der Waals surface area contributed by atoms with Crippen LogP contribution in [0.25, 0.3) is 11.1 Å². The number of rotatable bonds is 12. The van der Waals surface area contributed by atoms with Crippen molar-refractivity contribution in [1.29, 1.82) is 0 Å². The molecule has 0 saturated carbocycles. The Morgan fingerprint density at radius 2 is 0.519 bits per heavy atom. The number of alkyl halides is 21. The first-order chi connectivity index (χ1) is 35.5. The molecule has 0 heterocycles. The fourth-order valence-electron chi connectivity index (χ4n) is 8.21. The minimum atomic E-state index is -5.46. The SMILES string of the molecule is CCCCc1cc(N(c2ccc(-c3ccc(Cc4ccc(N(c5cc(C(F)(F)F)cc(C(F)(F)F)c5)c5cc(C(F)(F)F)cc(C(F)(F)F)c5)cc4)cc3)cc2)c2cc(C(F)(F)F)cc(C(F)(F)F)c2)cc(C(F)(F)F)c1. The largest absolute Gasteiger partial charge is 0.416 e. The highest BCUT2D eigenvalue weighted by molar-refractivity contribution is 5.81. The third-order valence-corrected chi connectivity index (χ3v) is 11.9. The lowest BCUT2D eigenvalue weighted by Gasteiger charge is -2.29. The predicted octanol–water partition coefficient (Wildman–Crippen LogP) is 20.4. The van der Waals surface area contributed by atoms with Gasteiger partial charge in [-0.2, -0.15) is 92.2 Å². The van der Waals surface area contributed by atoms with E-state index in [-0.39, 0.29) is 66.6 Å². The summed E-state index contributed by atoms with van der Waals surface area (Å²) in [5.74, 6) is 0. The molecular weight excluding hydrogens is 1080 g/mol. The van der Waals surface area contributed by atoms with Crippen LogP contribution < -0.4 is 9.80 Å². The number of benzene rings is 7. The molecule has 7 aromatic carbocycles. The van der Waals surface area contributed by atoms with Crippen molar-refractivity contribution in [3.63, 3.8) is 0 Å². The van der Waals surface area contributed by atoms with Crippen LogP contribution in [0, 0.1) is 0 Å². The summed E-state index contributed by atoms with van der Waals surface area (Å²) >= 11 is 0. The molecule has 23 heteroatoms. The van der Waals surface area contributed by atoms with E-state index in [0.29, 0.717) is 58.2 Å². The van der Waals surface area contributed by atoms with Crippen LogP contribution in [0.15, 0.2) is 146 Å². The van der Waals surface area contributed by atoms with E-state index in [2.05, 4.69) is 0 Å². The molecule has 0 unspecified atom stereocenters. The smallest absolute Gasteiger partial charge is 0.310 e. The van der Waals surface area contributed by atoms with E-state index in [0.717, 1.165) is 23.1 Å². The standard InChI is InChI=1S/C54H35F21N2/c1-2-3-4-32-18-35(48(55,56)57)23-44(19-32)76(45-24-36(49(58,59)60)20-37(25-45)50(61,62)63)43-15-11-34(12-16-43)33-9-5-30(6-10-33)17-31-7-13-42(14-8-31)77(46-26-38(51(64,65)66)21-39(27-46)52(67,68)69)47-28-40(53(70,71)72)22-41(29-47)54(73,74)75/h5-16,18-29H,2-4,17H2,1H3. The average Bonchev–Trinajstić information content (AvgIpc) is 3.33. The zero-order valence-corrected chi connectivity index (χ0v) is 39.0. The van der Waals surface area contributed by atoms with E-state index >= 15 is 0 Å². The highest BCUT2D eigenvalue weighted by Crippen LogP contribution is 2.48. The molecule has 0 spiro atoms. The van der Waals surface area contributed by atoms with Crippen LogP contribution in [0.2, 0.25) is 0 Å². The first-order valence-corrected chi connectivity index (χ1v) is 22.5. The van der Waals surface area contributed by atoms with Crippen molar-refractivity contribution in [1.82, 2.24) is 0 Å². The van der Waals surface area contributed by atoms with Crippen molar-refractivity contribution in [3.05, 3.63) is 201 Å². The van der Waals surface area contributed by atoms with Crippen LogP contribution >= 0.6 is 0 Å². The van der Waals surface area contributed by atoms with Crippen molar-refractivity contribution < 1.29 is 92.2 Å². The molecule has 77 heavy (non-hydrogen) atoms. The van der Waals surface area contributed by atoms with Gasteiger partial charge in [0.2, 0.25) is 0 Å². The highest BCUT2D eigenvalue weighted by Gasteiger charge is 2.42. The van der Waals surface area contributed by atoms with Gasteiger partial charge >= 0.3 is 43.2 Å². The van der Waals surface area contributed by atoms with Gasteiger partial charge in [0.05, 0.1) is 38.9 Å². The van der Waals surface area contributed by atoms with Gasteiger partial charge in [-0.15, -0.1) is 0 Å². The van der Waals surface area contributed by atoms with Crippen LogP contribution in [-0.2, 0) is 56.1 Å². The average molecular weight is 1110 g/mol. The van der Waals surface area contributed by atoms with Crippen LogP contribution in [0.1, 0.15) is 75.4 Å². The van der Waals surface area contributed by atoms with Crippen molar-refractivity contribution >= 4 is 34.1 Å². The first-order valence-electron chi connectivity index (χ1n) is 22.5. The van der Waals surface area contributed by atoms with Gasteiger partial charge < -0.3 is 9.80 Å². The van der Waals surface area contributed by atoms with E-state index in [1.54, 1.807) is 31.2 Å². The fourth-order valence-corrected chi connectivity index (χ4v) is 8.21. The van der Waals surface area contributed by atoms with Crippen LogP contribution in [0.4, 0.5) is 126 Å². The zero-order valence-electron chi connectivity index (χ0n) is 39.0. The normalized spacial score (nSPS) is 13.0. The maximum absolute atomic E-state index is 14.3. The molecule has 0 aliphatic rings. The number of unbranched alkanes of at least 4 members (excludes halogenated alkanes) is 1. The molecule has 0 atom stereocenters. The van der Waals surface area contributed by atoms with Gasteiger partial charge in [-0.1, -0.05) is 61.9 Å². The van der Waals surface area contributed by atoms with Crippen molar-refractivity contribution in [3.8, 4) is 11.1 Å². The summed E-state index contributed by atoms with van der Waals surface area (Å²) in [6.07, 6.45) is -36.4. The Morgan fingerprint density at radius 1 is 0.273 bits per heavy atom. The van der Waals surface area contributed by atoms with E-state index in [1.807, 2.05) is 0 Å². The second-order valence-corrected chi connectivity index (χ2v) is 17.5. The summed E-state index contributed by atoms with van der Waals surface area (Å²) in [4.78, 5) is 1.22. The third kappa shape index (κ3) is 13.8. The van der Waals surface area contributed by atoms with Gasteiger partial charge in [-0.05, 0) is 144 Å². The Hall–Kier alpha value is -7.33. The van der Waals surface area contributed by atoms with Gasteiger partial charge in [-0.25, -0.2) is 0 Å². The van der Waals surface area contributed by atoms with Crippen molar-refractivity contribution in [2.75, 3.05) is 9.80 Å². The van der Waals surface area contributed by atoms with Gasteiger partial charge in [0.25, 0.3) is 0 Å². The summed E-state index contributed by atoms with van der Waals surface area (Å²) in [5, 5.41) is 0. The Labute approximate surface area is 423 Å². The zero-order chi connectivity index (χ0) is 56.8. The molecule has 0 radical (unpaired) electrons. The number of anilines is 6. The van der Waals surface area contributed by atoms with Gasteiger partial charge in [0.15, 0.2) is 0 Å². The second kappa shape index (κ2) is 20.9. The number of halogens is 21. The van der Waals surface area contributed by atoms with Crippen LogP contribution in [0.5, 0.6) is 0 Å². The van der Waals surface area contributed by atoms with Gasteiger partial charge in [0, 0.05) is 34.1 Å². The molecule has 7 aromatic rings. The molecule has 2 nitrogen and oxygen atoms in total. The quantitative estimate of drug-likeness (QED) is 0.113. The summed E-state index contributed by atoms with van der Waals surface area (Å²) in [6.45, 7) is 1.76. The minimum absolute atomic E-state index is 0.0200. The lowest BCUT2D eigenvalue weighted by Crippen LogP contribution is -2.18. The van der Waals surface area contributed by atoms with Gasteiger partial charge in [0.1, 0.15) is 0 Å². The molecule has 0 aliphatic heterocycles. The van der Waals surface area contributed by atoms with E-state index < -0.39 is 111 Å². The molecular formula is C54H35F21N2. The lowest BCUT2D eigenvalue weighted by atomic mass is 9.99. The van der Waals surface area contributed by atoms with Gasteiger partial charge in [-0.3, -0.25) is 0 Å². The molecule has 0 aliphatic carbocycles. The maximum atomic E-state index is 14.3. The number of aryl methyl sites for hydroxylation is 1. The number of nitrogens with zero attached hydrogens (tertiary/aromatic N) is 2. The molecule has 0 amide bonds. The molecule has 0 aromatic heterocycles. The fraction of sp³-hybridized carbons (Fsp3) is 0.222. The van der Waals surface area contributed by atoms with E-state index in [9.17, 15) is 92.2 Å². The van der Waals surface area contributed by atoms with Crippen molar-refractivity contribution in [2.24, 2.45) is 0 Å². The van der Waals surface area contributed by atoms with Crippen LogP contribution in [0.3, 0.4) is 0 Å². The Kier molecular flexibility index (Phi) is 15.6. The van der Waals surface area contributed by atoms with Crippen molar-refractivity contribution in [2.45, 2.75) is 75.8 Å². The summed E-state index contributed by atoms with van der Waals surface area (Å²) in [5.41, 5.74) is -14.4. The summed E-state index contributed by atoms with van der Waals surface area (Å²) in [7, 11) is 0. The van der Waals surface area contributed by atoms with Crippen LogP contribution in [-0.4, -0.2) is 0 Å². The predicted molar refractivity (Wildman–Crippen MR) is 244 cm³/mol. The molecule has 0 fully saturated rings. The summed E-state index contributed by atoms with van der Waals surface area (Å²) in [6, 6.07) is 19.5. The van der Waals surface area contributed by atoms with E-state index in [4.69, 9.17) is 0 Å². The molecule has 0 bridgehead atoms. The topological polar surface area (TPSA) is 6.48 Å². The maximum Gasteiger partial charge on any atom is 0.416 e. The lowest BCUT2D eigenvalue weighted by molar-refractivity contribution is -0.144. The molecule has 0 saturated heterocycles. The highest BCUT2D eigenvalue weighted by atomic mass is 19.4. The minimum Gasteiger partial charge on any atom is -0.310 e. The molecule has 0 N–H and O–H groups in total. The Bertz CT molecular complexity index is 3020. The third-order valence-electron chi connectivity index (χ3n) is 11.9. The number of hydrogen-bond donors (Lipinski definition) is 0.